The lowest BCUT2D eigenvalue weighted by Gasteiger charge is -2.37. The van der Waals surface area contributed by atoms with Crippen LogP contribution < -0.4 is 22.1 Å². The lowest BCUT2D eigenvalue weighted by molar-refractivity contribution is 0.0904. The number of nitrogen functional groups attached to an aromatic ring is 2. The first-order valence-electron chi connectivity index (χ1n) is 11.6. The third kappa shape index (κ3) is 5.16. The monoisotopic (exact) mass is 632 g/mol. The summed E-state index contributed by atoms with van der Waals surface area (Å²) in [5.41, 5.74) is 15.3. The zero-order chi connectivity index (χ0) is 26.3. The van der Waals surface area contributed by atoms with Crippen molar-refractivity contribution in [3.8, 4) is 0 Å². The standard InChI is InChI=1S/C23H26Br2N10O2/c1-35-9-12(25)4-17(35)21(37)29-5-10-2-14-19(34-23(27)32-14)18(16-8-31-22(26)33-16)13(10)7-30-20(36)15-3-11(24)6-28-15/h3-4,6,8-10,13,18,28H,2,5,7H2,1H3,(H,29,37)(H,30,36)(H3,26,31,33)(H3,27,32,34)/t10?,13-,18?/m1/s1. The van der Waals surface area contributed by atoms with Gasteiger partial charge in [0.05, 0.1) is 11.9 Å². The molecule has 2 unspecified atom stereocenters. The van der Waals surface area contributed by atoms with Crippen molar-refractivity contribution in [2.45, 2.75) is 12.3 Å². The molecular weight excluding hydrogens is 608 g/mol. The summed E-state index contributed by atoms with van der Waals surface area (Å²) in [6.45, 7) is 0.691. The van der Waals surface area contributed by atoms with E-state index >= 15 is 0 Å². The molecule has 5 rings (SSSR count). The van der Waals surface area contributed by atoms with E-state index in [-0.39, 0.29) is 35.5 Å². The molecule has 37 heavy (non-hydrogen) atoms. The van der Waals surface area contributed by atoms with Crippen LogP contribution in [0.1, 0.15) is 44.0 Å². The molecule has 4 aromatic heterocycles. The Bertz CT molecular complexity index is 1450. The predicted octanol–water partition coefficient (Wildman–Crippen LogP) is 2.27. The maximum absolute atomic E-state index is 13.0. The molecule has 4 heterocycles. The number of fused-ring (bicyclic) bond motifs is 1. The zero-order valence-electron chi connectivity index (χ0n) is 19.8. The van der Waals surface area contributed by atoms with E-state index in [9.17, 15) is 9.59 Å². The molecule has 14 heteroatoms. The van der Waals surface area contributed by atoms with Gasteiger partial charge in [0.1, 0.15) is 11.4 Å². The van der Waals surface area contributed by atoms with Gasteiger partial charge in [-0.1, -0.05) is 0 Å². The lowest BCUT2D eigenvalue weighted by Crippen LogP contribution is -2.44. The maximum Gasteiger partial charge on any atom is 0.267 e. The van der Waals surface area contributed by atoms with Crippen LogP contribution in [-0.4, -0.2) is 54.4 Å². The van der Waals surface area contributed by atoms with E-state index in [2.05, 4.69) is 67.4 Å². The highest BCUT2D eigenvalue weighted by atomic mass is 79.9. The van der Waals surface area contributed by atoms with Gasteiger partial charge in [0.2, 0.25) is 0 Å². The smallest absolute Gasteiger partial charge is 0.267 e. The highest BCUT2D eigenvalue weighted by Gasteiger charge is 2.41. The fourth-order valence-corrected chi connectivity index (χ4v) is 5.88. The fourth-order valence-electron chi connectivity index (χ4n) is 5.01. The number of nitrogens with two attached hydrogens (primary N) is 2. The SMILES string of the molecule is Cn1cc(Br)cc1C(=O)NCC1Cc2[nH]c(N)nc2C(c2cnc(N)[nH]2)[C@@H]1CNC(=O)c1cc(Br)c[nH]1. The van der Waals surface area contributed by atoms with Gasteiger partial charge >= 0.3 is 0 Å². The van der Waals surface area contributed by atoms with Gasteiger partial charge in [0.15, 0.2) is 11.9 Å². The highest BCUT2D eigenvalue weighted by molar-refractivity contribution is 9.10. The molecule has 0 saturated heterocycles. The summed E-state index contributed by atoms with van der Waals surface area (Å²) in [7, 11) is 1.82. The van der Waals surface area contributed by atoms with Crippen LogP contribution in [0.4, 0.5) is 11.9 Å². The second-order valence-corrected chi connectivity index (χ2v) is 11.0. The van der Waals surface area contributed by atoms with Crippen molar-refractivity contribution in [2.24, 2.45) is 18.9 Å². The first-order valence-corrected chi connectivity index (χ1v) is 13.1. The zero-order valence-corrected chi connectivity index (χ0v) is 23.0. The van der Waals surface area contributed by atoms with Gasteiger partial charge in [0.25, 0.3) is 11.8 Å². The average molecular weight is 634 g/mol. The molecule has 0 saturated carbocycles. The number of hydrogen-bond acceptors (Lipinski definition) is 6. The Morgan fingerprint density at radius 1 is 1.11 bits per heavy atom. The Morgan fingerprint density at radius 2 is 1.89 bits per heavy atom. The largest absolute Gasteiger partial charge is 0.369 e. The molecule has 12 nitrogen and oxygen atoms in total. The number of hydrogen-bond donors (Lipinski definition) is 7. The Kier molecular flexibility index (Phi) is 6.86. The van der Waals surface area contributed by atoms with Gasteiger partial charge in [-0.05, 0) is 62.2 Å². The van der Waals surface area contributed by atoms with E-state index in [0.717, 1.165) is 26.0 Å². The molecule has 194 valence electrons. The van der Waals surface area contributed by atoms with Crippen molar-refractivity contribution in [3.63, 3.8) is 0 Å². The van der Waals surface area contributed by atoms with Crippen LogP contribution in [0.3, 0.4) is 0 Å². The van der Waals surface area contributed by atoms with E-state index < -0.39 is 0 Å². The van der Waals surface area contributed by atoms with Crippen molar-refractivity contribution < 1.29 is 9.59 Å². The van der Waals surface area contributed by atoms with E-state index in [1.54, 1.807) is 29.1 Å². The normalized spacial score (nSPS) is 18.9. The molecule has 0 aliphatic heterocycles. The van der Waals surface area contributed by atoms with Crippen molar-refractivity contribution in [2.75, 3.05) is 24.6 Å². The molecule has 1 aliphatic carbocycles. The third-order valence-corrected chi connectivity index (χ3v) is 7.59. The molecule has 9 N–H and O–H groups in total. The van der Waals surface area contributed by atoms with Gasteiger partial charge in [-0.25, -0.2) is 9.97 Å². The Morgan fingerprint density at radius 3 is 2.54 bits per heavy atom. The van der Waals surface area contributed by atoms with Crippen molar-refractivity contribution in [1.29, 1.82) is 0 Å². The van der Waals surface area contributed by atoms with Crippen LogP contribution in [-0.2, 0) is 13.5 Å². The Labute approximate surface area is 228 Å². The van der Waals surface area contributed by atoms with Crippen molar-refractivity contribution in [3.05, 3.63) is 68.1 Å². The molecule has 2 amide bonds. The number of imidazole rings is 2. The second-order valence-electron chi connectivity index (χ2n) is 9.12. The third-order valence-electron chi connectivity index (χ3n) is 6.69. The van der Waals surface area contributed by atoms with Gasteiger partial charge in [0, 0.05) is 58.8 Å². The molecule has 0 aromatic carbocycles. The van der Waals surface area contributed by atoms with Gasteiger partial charge in [-0.3, -0.25) is 9.59 Å². The fraction of sp³-hybridized carbons (Fsp3) is 0.304. The average Bonchev–Trinajstić information content (AvgIpc) is 3.62. The van der Waals surface area contributed by atoms with Gasteiger partial charge < -0.3 is 41.6 Å². The number of halogens is 2. The summed E-state index contributed by atoms with van der Waals surface area (Å²) in [5.74, 6) is -0.350. The summed E-state index contributed by atoms with van der Waals surface area (Å²) in [5, 5.41) is 6.11. The first kappa shape index (κ1) is 25.1. The quantitative estimate of drug-likeness (QED) is 0.163. The minimum absolute atomic E-state index is 0.0646. The van der Waals surface area contributed by atoms with E-state index in [1.807, 2.05) is 13.2 Å². The number of aryl methyl sites for hydroxylation is 1. The summed E-state index contributed by atoms with van der Waals surface area (Å²) >= 11 is 6.77. The first-order chi connectivity index (χ1) is 17.7. The van der Waals surface area contributed by atoms with Crippen LogP contribution in [0.5, 0.6) is 0 Å². The van der Waals surface area contributed by atoms with Crippen LogP contribution >= 0.6 is 31.9 Å². The van der Waals surface area contributed by atoms with E-state index in [4.69, 9.17) is 11.5 Å². The molecule has 1 aliphatic rings. The number of nitrogens with one attached hydrogen (secondary N) is 5. The number of rotatable bonds is 7. The predicted molar refractivity (Wildman–Crippen MR) is 145 cm³/mol. The van der Waals surface area contributed by atoms with Crippen LogP contribution in [0, 0.1) is 11.8 Å². The number of aromatic nitrogens is 6. The van der Waals surface area contributed by atoms with Crippen LogP contribution in [0.15, 0.2) is 39.7 Å². The maximum atomic E-state index is 13.0. The van der Waals surface area contributed by atoms with E-state index in [0.29, 0.717) is 36.8 Å². The minimum atomic E-state index is -0.288. The molecule has 0 fully saturated rings. The summed E-state index contributed by atoms with van der Waals surface area (Å²) in [4.78, 5) is 43.8. The van der Waals surface area contributed by atoms with Crippen LogP contribution in [0.2, 0.25) is 0 Å². The highest BCUT2D eigenvalue weighted by Crippen LogP contribution is 2.42. The molecule has 4 aromatic rings. The Hall–Kier alpha value is -3.52. The molecular formula is C23H26Br2N10O2. The van der Waals surface area contributed by atoms with Crippen LogP contribution in [0.25, 0.3) is 0 Å². The van der Waals surface area contributed by atoms with E-state index in [1.165, 1.54) is 0 Å². The number of aromatic amines is 3. The minimum Gasteiger partial charge on any atom is -0.369 e. The summed E-state index contributed by atoms with van der Waals surface area (Å²) in [6.07, 6.45) is 5.79. The number of anilines is 2. The number of nitrogens with zero attached hydrogens (tertiary/aromatic N) is 3. The van der Waals surface area contributed by atoms with Crippen molar-refractivity contribution in [1.82, 2.24) is 40.1 Å². The number of H-pyrrole nitrogens is 3. The van der Waals surface area contributed by atoms with Gasteiger partial charge in [-0.15, -0.1) is 0 Å². The number of amides is 2. The lowest BCUT2D eigenvalue weighted by atomic mass is 9.71. The second kappa shape index (κ2) is 10.1. The summed E-state index contributed by atoms with van der Waals surface area (Å²) < 4.78 is 3.37. The molecule has 3 atom stereocenters. The Balaban J connectivity index is 1.44. The molecule has 0 spiro atoms. The molecule has 0 radical (unpaired) electrons. The van der Waals surface area contributed by atoms with Crippen molar-refractivity contribution >= 4 is 55.6 Å². The molecule has 0 bridgehead atoms. The summed E-state index contributed by atoms with van der Waals surface area (Å²) in [6, 6.07) is 3.48. The number of carbonyl (C=O) groups excluding carboxylic acids is 2. The van der Waals surface area contributed by atoms with Gasteiger partial charge in [-0.2, -0.15) is 0 Å². The topological polar surface area (TPSA) is 188 Å². The number of carbonyl (C=O) groups is 2.